The summed E-state index contributed by atoms with van der Waals surface area (Å²) in [7, 11) is -1.54. The van der Waals surface area contributed by atoms with Crippen LogP contribution in [-0.2, 0) is 14.8 Å². The summed E-state index contributed by atoms with van der Waals surface area (Å²) < 4.78 is 28.1. The van der Waals surface area contributed by atoms with Gasteiger partial charge in [-0.3, -0.25) is 9.78 Å². The molecule has 1 aliphatic carbocycles. The molecule has 1 saturated carbocycles. The van der Waals surface area contributed by atoms with Crippen LogP contribution in [0, 0.1) is 11.3 Å². The number of pyridine rings is 1. The van der Waals surface area contributed by atoms with Gasteiger partial charge in [-0.05, 0) is 50.4 Å². The van der Waals surface area contributed by atoms with Crippen molar-refractivity contribution in [2.75, 3.05) is 46.3 Å². The van der Waals surface area contributed by atoms with Crippen molar-refractivity contribution in [2.24, 2.45) is 11.3 Å². The van der Waals surface area contributed by atoms with Gasteiger partial charge in [0.05, 0.1) is 5.92 Å². The van der Waals surface area contributed by atoms with Gasteiger partial charge in [-0.2, -0.15) is 4.31 Å². The summed E-state index contributed by atoms with van der Waals surface area (Å²) in [6.07, 6.45) is 9.16. The fourth-order valence-corrected chi connectivity index (χ4v) is 6.86. The van der Waals surface area contributed by atoms with E-state index < -0.39 is 10.0 Å². The van der Waals surface area contributed by atoms with Crippen LogP contribution in [0.15, 0.2) is 29.4 Å². The van der Waals surface area contributed by atoms with Crippen LogP contribution in [0.25, 0.3) is 0 Å². The first-order chi connectivity index (χ1) is 13.9. The SMILES string of the molecule is CN1CCCN(C(=O)[C@H]2CN(S(=O)(=O)c3cccnc3)CC23CCCCC3)CC1. The molecule has 0 radical (unpaired) electrons. The predicted molar refractivity (Wildman–Crippen MR) is 111 cm³/mol. The summed E-state index contributed by atoms with van der Waals surface area (Å²) in [4.78, 5) is 22.1. The van der Waals surface area contributed by atoms with Gasteiger partial charge in [0.1, 0.15) is 4.90 Å². The number of aromatic nitrogens is 1. The standard InChI is InChI=1S/C21H32N4O3S/c1-23-11-6-12-24(14-13-23)20(26)19-16-25(17-21(19)8-3-2-4-9-21)29(27,28)18-7-5-10-22-15-18/h5,7,10,15,19H,2-4,6,8-9,11-14,16-17H2,1H3/t19-/m1/s1. The average molecular weight is 421 g/mol. The maximum atomic E-state index is 13.6. The Balaban J connectivity index is 1.60. The number of hydrogen-bond acceptors (Lipinski definition) is 5. The van der Waals surface area contributed by atoms with Crippen LogP contribution in [0.4, 0.5) is 0 Å². The van der Waals surface area contributed by atoms with Gasteiger partial charge >= 0.3 is 0 Å². The highest BCUT2D eigenvalue weighted by molar-refractivity contribution is 7.89. The van der Waals surface area contributed by atoms with Crippen molar-refractivity contribution in [3.05, 3.63) is 24.5 Å². The number of likely N-dealkylation sites (N-methyl/N-ethyl adjacent to an activating group) is 1. The molecule has 1 atom stereocenters. The molecule has 3 heterocycles. The molecule has 3 fully saturated rings. The third kappa shape index (κ3) is 4.07. The van der Waals surface area contributed by atoms with Crippen molar-refractivity contribution in [3.8, 4) is 0 Å². The fourth-order valence-electron chi connectivity index (χ4n) is 5.34. The molecule has 0 aromatic carbocycles. The number of rotatable bonds is 3. The zero-order chi connectivity index (χ0) is 20.5. The Kier molecular flexibility index (Phi) is 5.95. The first kappa shape index (κ1) is 20.8. The zero-order valence-electron chi connectivity index (χ0n) is 17.3. The van der Waals surface area contributed by atoms with E-state index in [1.165, 1.54) is 12.6 Å². The molecule has 7 nitrogen and oxygen atoms in total. The van der Waals surface area contributed by atoms with Crippen molar-refractivity contribution in [2.45, 2.75) is 43.4 Å². The lowest BCUT2D eigenvalue weighted by molar-refractivity contribution is -0.139. The molecule has 4 rings (SSSR count). The third-order valence-corrected chi connectivity index (χ3v) is 8.86. The third-order valence-electron chi connectivity index (χ3n) is 7.07. The molecule has 2 saturated heterocycles. The Morgan fingerprint density at radius 2 is 1.90 bits per heavy atom. The number of sulfonamides is 1. The average Bonchev–Trinajstić information content (AvgIpc) is 2.95. The number of hydrogen-bond donors (Lipinski definition) is 0. The minimum Gasteiger partial charge on any atom is -0.341 e. The second-order valence-electron chi connectivity index (χ2n) is 8.94. The Labute approximate surface area is 174 Å². The maximum absolute atomic E-state index is 13.6. The Bertz CT molecular complexity index is 824. The summed E-state index contributed by atoms with van der Waals surface area (Å²) in [6, 6.07) is 3.24. The van der Waals surface area contributed by atoms with Gasteiger partial charge in [-0.15, -0.1) is 0 Å². The maximum Gasteiger partial charge on any atom is 0.244 e. The summed E-state index contributed by atoms with van der Waals surface area (Å²) in [6.45, 7) is 4.13. The lowest BCUT2D eigenvalue weighted by Gasteiger charge is -2.39. The molecular formula is C21H32N4O3S. The molecule has 160 valence electrons. The molecule has 2 aliphatic heterocycles. The normalized spacial score (nSPS) is 26.5. The van der Waals surface area contributed by atoms with E-state index in [-0.39, 0.29) is 22.1 Å². The lowest BCUT2D eigenvalue weighted by Crippen LogP contribution is -2.45. The summed E-state index contributed by atoms with van der Waals surface area (Å²) >= 11 is 0. The molecule has 1 aromatic rings. The van der Waals surface area contributed by atoms with Crippen molar-refractivity contribution in [1.29, 1.82) is 0 Å². The van der Waals surface area contributed by atoms with Gasteiger partial charge in [0.15, 0.2) is 0 Å². The first-order valence-corrected chi connectivity index (χ1v) is 12.2. The predicted octanol–water partition coefficient (Wildman–Crippen LogP) is 1.82. The van der Waals surface area contributed by atoms with Crippen LogP contribution < -0.4 is 0 Å². The molecule has 1 spiro atoms. The molecular weight excluding hydrogens is 388 g/mol. The second-order valence-corrected chi connectivity index (χ2v) is 10.9. The van der Waals surface area contributed by atoms with E-state index in [0.717, 1.165) is 58.3 Å². The van der Waals surface area contributed by atoms with E-state index in [9.17, 15) is 13.2 Å². The van der Waals surface area contributed by atoms with E-state index in [0.29, 0.717) is 13.1 Å². The van der Waals surface area contributed by atoms with E-state index in [4.69, 9.17) is 0 Å². The molecule has 1 aromatic heterocycles. The Morgan fingerprint density at radius 1 is 1.10 bits per heavy atom. The molecule has 0 unspecified atom stereocenters. The van der Waals surface area contributed by atoms with Crippen LogP contribution in [0.2, 0.25) is 0 Å². The van der Waals surface area contributed by atoms with Crippen molar-refractivity contribution in [1.82, 2.24) is 19.1 Å². The number of amides is 1. The number of carbonyl (C=O) groups is 1. The Hall–Kier alpha value is -1.51. The van der Waals surface area contributed by atoms with Crippen LogP contribution in [0.1, 0.15) is 38.5 Å². The summed E-state index contributed by atoms with van der Waals surface area (Å²) in [5, 5.41) is 0. The first-order valence-electron chi connectivity index (χ1n) is 10.8. The van der Waals surface area contributed by atoms with Gasteiger partial charge in [-0.1, -0.05) is 19.3 Å². The summed E-state index contributed by atoms with van der Waals surface area (Å²) in [5.41, 5.74) is -0.219. The van der Waals surface area contributed by atoms with E-state index in [2.05, 4.69) is 16.9 Å². The highest BCUT2D eigenvalue weighted by atomic mass is 32.2. The molecule has 3 aliphatic rings. The lowest BCUT2D eigenvalue weighted by atomic mass is 9.67. The van der Waals surface area contributed by atoms with Gasteiger partial charge in [0.25, 0.3) is 0 Å². The molecule has 29 heavy (non-hydrogen) atoms. The van der Waals surface area contributed by atoms with E-state index in [1.807, 2.05) is 4.90 Å². The minimum atomic E-state index is -3.64. The van der Waals surface area contributed by atoms with Gasteiger partial charge < -0.3 is 9.80 Å². The fraction of sp³-hybridized carbons (Fsp3) is 0.714. The van der Waals surface area contributed by atoms with Gasteiger partial charge in [-0.25, -0.2) is 8.42 Å². The monoisotopic (exact) mass is 420 g/mol. The topological polar surface area (TPSA) is 73.8 Å². The highest BCUT2D eigenvalue weighted by Crippen LogP contribution is 2.49. The quantitative estimate of drug-likeness (QED) is 0.746. The largest absolute Gasteiger partial charge is 0.341 e. The minimum absolute atomic E-state index is 0.158. The van der Waals surface area contributed by atoms with Crippen LogP contribution in [0.5, 0.6) is 0 Å². The number of carbonyl (C=O) groups excluding carboxylic acids is 1. The molecule has 1 amide bonds. The summed E-state index contributed by atoms with van der Waals surface area (Å²) in [5.74, 6) is -0.0799. The highest BCUT2D eigenvalue weighted by Gasteiger charge is 2.54. The van der Waals surface area contributed by atoms with Crippen LogP contribution in [-0.4, -0.2) is 79.7 Å². The van der Waals surface area contributed by atoms with Crippen molar-refractivity contribution < 1.29 is 13.2 Å². The van der Waals surface area contributed by atoms with E-state index in [1.54, 1.807) is 22.6 Å². The molecule has 0 N–H and O–H groups in total. The van der Waals surface area contributed by atoms with E-state index >= 15 is 0 Å². The van der Waals surface area contributed by atoms with Crippen molar-refractivity contribution >= 4 is 15.9 Å². The van der Waals surface area contributed by atoms with Crippen molar-refractivity contribution in [3.63, 3.8) is 0 Å². The van der Waals surface area contributed by atoms with Gasteiger partial charge in [0, 0.05) is 45.1 Å². The van der Waals surface area contributed by atoms with Crippen LogP contribution in [0.3, 0.4) is 0 Å². The molecule has 0 bridgehead atoms. The van der Waals surface area contributed by atoms with Crippen LogP contribution >= 0.6 is 0 Å². The zero-order valence-corrected chi connectivity index (χ0v) is 18.1. The smallest absolute Gasteiger partial charge is 0.244 e. The van der Waals surface area contributed by atoms with Gasteiger partial charge in [0.2, 0.25) is 15.9 Å². The Morgan fingerprint density at radius 3 is 2.62 bits per heavy atom. The molecule has 8 heteroatoms. The number of nitrogens with zero attached hydrogens (tertiary/aromatic N) is 4. The second kappa shape index (κ2) is 8.32.